The number of hydrogen-bond acceptors (Lipinski definition) is 5. The van der Waals surface area contributed by atoms with Gasteiger partial charge in [0.1, 0.15) is 0 Å². The van der Waals surface area contributed by atoms with Gasteiger partial charge in [0.2, 0.25) is 15.9 Å². The summed E-state index contributed by atoms with van der Waals surface area (Å²) in [5.74, 6) is -1.96. The molecule has 1 atom stereocenters. The van der Waals surface area contributed by atoms with E-state index in [-0.39, 0.29) is 22.0 Å². The fourth-order valence-electron chi connectivity index (χ4n) is 3.11. The molecule has 144 valence electrons. The number of aromatic amines is 1. The van der Waals surface area contributed by atoms with Crippen LogP contribution in [-0.2, 0) is 14.8 Å². The molecule has 0 saturated carbocycles. The topological polar surface area (TPSA) is 112 Å². The molecule has 2 N–H and O–H groups in total. The molecule has 28 heavy (non-hydrogen) atoms. The lowest BCUT2D eigenvalue weighted by atomic mass is 10.1. The van der Waals surface area contributed by atoms with Crippen LogP contribution in [0.3, 0.4) is 0 Å². The van der Waals surface area contributed by atoms with Gasteiger partial charge in [-0.2, -0.15) is 5.10 Å². The second kappa shape index (κ2) is 6.61. The Labute approximate surface area is 165 Å². The first-order valence-electron chi connectivity index (χ1n) is 8.37. The molecule has 0 bridgehead atoms. The number of halogens is 1. The fraction of sp³-hybridized carbons (Fsp3) is 0.167. The second-order valence-corrected chi connectivity index (χ2v) is 8.84. The van der Waals surface area contributed by atoms with E-state index >= 15 is 0 Å². The van der Waals surface area contributed by atoms with E-state index in [1.54, 1.807) is 31.3 Å². The zero-order chi connectivity index (χ0) is 20.1. The monoisotopic (exact) mass is 418 g/mol. The molecule has 10 heteroatoms. The second-order valence-electron chi connectivity index (χ2n) is 6.57. The lowest BCUT2D eigenvalue weighted by Crippen LogP contribution is -2.30. The van der Waals surface area contributed by atoms with Gasteiger partial charge in [0.15, 0.2) is 0 Å². The predicted octanol–water partition coefficient (Wildman–Crippen LogP) is 2.78. The first kappa shape index (κ1) is 18.5. The van der Waals surface area contributed by atoms with Gasteiger partial charge in [-0.25, -0.2) is 12.7 Å². The van der Waals surface area contributed by atoms with Crippen LogP contribution in [0.1, 0.15) is 17.3 Å². The van der Waals surface area contributed by atoms with E-state index in [4.69, 9.17) is 11.6 Å². The van der Waals surface area contributed by atoms with E-state index < -0.39 is 27.8 Å². The SMILES string of the molecule is CC1CS(=O)(=O)N(c2ccc(Cl)c(C(=O)Nc3ccc4cn[nH]c4c3)c2)C1=O. The van der Waals surface area contributed by atoms with Gasteiger partial charge in [0.05, 0.1) is 39.7 Å². The van der Waals surface area contributed by atoms with Crippen LogP contribution in [0.15, 0.2) is 42.6 Å². The molecular formula is C18H15ClN4O4S. The highest BCUT2D eigenvalue weighted by Crippen LogP contribution is 2.31. The van der Waals surface area contributed by atoms with Crippen LogP contribution in [0.4, 0.5) is 11.4 Å². The molecule has 1 aliphatic heterocycles. The molecule has 2 aromatic carbocycles. The summed E-state index contributed by atoms with van der Waals surface area (Å²) in [7, 11) is -3.77. The smallest absolute Gasteiger partial charge is 0.257 e. The molecule has 2 heterocycles. The molecule has 8 nitrogen and oxygen atoms in total. The summed E-state index contributed by atoms with van der Waals surface area (Å²) in [4.78, 5) is 25.0. The molecule has 1 saturated heterocycles. The van der Waals surface area contributed by atoms with Gasteiger partial charge >= 0.3 is 0 Å². The van der Waals surface area contributed by atoms with Crippen molar-refractivity contribution >= 4 is 55.7 Å². The molecule has 2 amide bonds. The number of carbonyl (C=O) groups is 2. The Morgan fingerprint density at radius 3 is 2.79 bits per heavy atom. The number of benzene rings is 2. The van der Waals surface area contributed by atoms with Crippen LogP contribution < -0.4 is 9.62 Å². The van der Waals surface area contributed by atoms with E-state index in [1.165, 1.54) is 18.2 Å². The van der Waals surface area contributed by atoms with Crippen molar-refractivity contribution in [2.45, 2.75) is 6.92 Å². The normalized spacial score (nSPS) is 18.6. The summed E-state index contributed by atoms with van der Waals surface area (Å²) in [6.07, 6.45) is 1.66. The average Bonchev–Trinajstić information content (AvgIpc) is 3.17. The molecule has 3 aromatic rings. The maximum absolute atomic E-state index is 12.7. The Hall–Kier alpha value is -2.91. The van der Waals surface area contributed by atoms with Crippen molar-refractivity contribution in [2.75, 3.05) is 15.4 Å². The van der Waals surface area contributed by atoms with Crippen LogP contribution in [0.25, 0.3) is 10.9 Å². The van der Waals surface area contributed by atoms with Crippen molar-refractivity contribution in [1.82, 2.24) is 10.2 Å². The van der Waals surface area contributed by atoms with Crippen molar-refractivity contribution in [3.05, 3.63) is 53.2 Å². The van der Waals surface area contributed by atoms with Gasteiger partial charge < -0.3 is 5.32 Å². The van der Waals surface area contributed by atoms with Gasteiger partial charge in [-0.1, -0.05) is 18.5 Å². The summed E-state index contributed by atoms with van der Waals surface area (Å²) in [5.41, 5.74) is 1.42. The third-order valence-electron chi connectivity index (χ3n) is 4.49. The summed E-state index contributed by atoms with van der Waals surface area (Å²) < 4.78 is 25.3. The highest BCUT2D eigenvalue weighted by atomic mass is 35.5. The third kappa shape index (κ3) is 3.12. The maximum Gasteiger partial charge on any atom is 0.257 e. The number of rotatable bonds is 3. The molecule has 0 spiro atoms. The highest BCUT2D eigenvalue weighted by molar-refractivity contribution is 7.94. The molecule has 1 fully saturated rings. The quantitative estimate of drug-likeness (QED) is 0.679. The number of nitrogens with one attached hydrogen (secondary N) is 2. The lowest BCUT2D eigenvalue weighted by Gasteiger charge is -2.17. The zero-order valence-electron chi connectivity index (χ0n) is 14.6. The number of fused-ring (bicyclic) bond motifs is 1. The van der Waals surface area contributed by atoms with E-state index in [1.807, 2.05) is 0 Å². The number of aromatic nitrogens is 2. The number of amides is 2. The third-order valence-corrected chi connectivity index (χ3v) is 6.69. The Morgan fingerprint density at radius 1 is 1.29 bits per heavy atom. The Balaban J connectivity index is 1.67. The minimum absolute atomic E-state index is 0.0615. The first-order chi connectivity index (χ1) is 13.3. The van der Waals surface area contributed by atoms with Crippen LogP contribution in [0, 0.1) is 5.92 Å². The number of nitrogens with zero attached hydrogens (tertiary/aromatic N) is 2. The number of sulfonamides is 1. The molecular weight excluding hydrogens is 404 g/mol. The Kier molecular flexibility index (Phi) is 4.35. The number of anilines is 2. The highest BCUT2D eigenvalue weighted by Gasteiger charge is 2.42. The van der Waals surface area contributed by atoms with Crippen LogP contribution in [0.2, 0.25) is 5.02 Å². The number of H-pyrrole nitrogens is 1. The largest absolute Gasteiger partial charge is 0.322 e. The average molecular weight is 419 g/mol. The van der Waals surface area contributed by atoms with Gasteiger partial charge in [-0.3, -0.25) is 14.7 Å². The molecule has 0 aliphatic carbocycles. The van der Waals surface area contributed by atoms with Gasteiger partial charge in [-0.15, -0.1) is 0 Å². The Bertz CT molecular complexity index is 1220. The van der Waals surface area contributed by atoms with Gasteiger partial charge in [-0.05, 0) is 36.4 Å². The van der Waals surface area contributed by atoms with Gasteiger partial charge in [0, 0.05) is 11.1 Å². The minimum atomic E-state index is -3.77. The predicted molar refractivity (Wildman–Crippen MR) is 106 cm³/mol. The number of hydrogen-bond donors (Lipinski definition) is 2. The first-order valence-corrected chi connectivity index (χ1v) is 10.4. The maximum atomic E-state index is 12.7. The van der Waals surface area contributed by atoms with E-state index in [0.29, 0.717) is 5.69 Å². The molecule has 1 aromatic heterocycles. The minimum Gasteiger partial charge on any atom is -0.322 e. The van der Waals surface area contributed by atoms with Crippen molar-refractivity contribution < 1.29 is 18.0 Å². The van der Waals surface area contributed by atoms with Crippen molar-refractivity contribution in [1.29, 1.82) is 0 Å². The van der Waals surface area contributed by atoms with Crippen molar-refractivity contribution in [3.63, 3.8) is 0 Å². The lowest BCUT2D eigenvalue weighted by molar-refractivity contribution is -0.119. The van der Waals surface area contributed by atoms with Crippen LogP contribution in [-0.4, -0.2) is 36.2 Å². The summed E-state index contributed by atoms with van der Waals surface area (Å²) >= 11 is 6.15. The van der Waals surface area contributed by atoms with Crippen molar-refractivity contribution in [2.24, 2.45) is 5.92 Å². The molecule has 4 rings (SSSR count). The van der Waals surface area contributed by atoms with Crippen LogP contribution >= 0.6 is 11.6 Å². The summed E-state index contributed by atoms with van der Waals surface area (Å²) in [5, 5.41) is 10.5. The van der Waals surface area contributed by atoms with Crippen molar-refractivity contribution in [3.8, 4) is 0 Å². The summed E-state index contributed by atoms with van der Waals surface area (Å²) in [6.45, 7) is 1.55. The van der Waals surface area contributed by atoms with Crippen LogP contribution in [0.5, 0.6) is 0 Å². The van der Waals surface area contributed by atoms with E-state index in [9.17, 15) is 18.0 Å². The molecule has 1 aliphatic rings. The number of carbonyl (C=O) groups excluding carboxylic acids is 2. The standard InChI is InChI=1S/C18H15ClN4O4S/c1-10-9-28(26,27)23(18(10)25)13-4-5-15(19)14(7-13)17(24)21-12-3-2-11-8-20-22-16(11)6-12/h2-8,10H,9H2,1H3,(H,20,22)(H,21,24). The Morgan fingerprint density at radius 2 is 2.07 bits per heavy atom. The van der Waals surface area contributed by atoms with Gasteiger partial charge in [0.25, 0.3) is 5.91 Å². The van der Waals surface area contributed by atoms with E-state index in [0.717, 1.165) is 15.2 Å². The fourth-order valence-corrected chi connectivity index (χ4v) is 5.13. The molecule has 1 unspecified atom stereocenters. The summed E-state index contributed by atoms with van der Waals surface area (Å²) in [6, 6.07) is 9.33. The molecule has 0 radical (unpaired) electrons. The zero-order valence-corrected chi connectivity index (χ0v) is 16.2. The van der Waals surface area contributed by atoms with E-state index in [2.05, 4.69) is 15.5 Å².